The van der Waals surface area contributed by atoms with Gasteiger partial charge in [0.2, 0.25) is 5.91 Å². The number of ether oxygens (including phenoxy) is 1. The van der Waals surface area contributed by atoms with Crippen LogP contribution in [0, 0.1) is 17.8 Å². The van der Waals surface area contributed by atoms with Crippen LogP contribution in [-0.4, -0.2) is 66.2 Å². The number of ketones is 1. The van der Waals surface area contributed by atoms with Crippen molar-refractivity contribution >= 4 is 29.0 Å². The van der Waals surface area contributed by atoms with Crippen LogP contribution in [0.15, 0.2) is 48.6 Å². The van der Waals surface area contributed by atoms with E-state index in [1.165, 1.54) is 18.1 Å². The first kappa shape index (κ1) is 31.1. The molecule has 8 heteroatoms. The second kappa shape index (κ2) is 12.1. The molecule has 44 heavy (non-hydrogen) atoms. The quantitative estimate of drug-likeness (QED) is 0.436. The van der Waals surface area contributed by atoms with E-state index in [9.17, 15) is 19.8 Å². The minimum Gasteiger partial charge on any atom is -0.490 e. The van der Waals surface area contributed by atoms with E-state index in [0.29, 0.717) is 43.9 Å². The Kier molecular flexibility index (Phi) is 8.59. The third kappa shape index (κ3) is 5.35. The van der Waals surface area contributed by atoms with E-state index in [0.717, 1.165) is 49.4 Å². The first-order valence-electron chi connectivity index (χ1n) is 16.2. The molecule has 2 aliphatic carbocycles. The molecule has 1 spiro atoms. The van der Waals surface area contributed by atoms with Gasteiger partial charge < -0.3 is 24.7 Å². The van der Waals surface area contributed by atoms with Crippen LogP contribution in [0.25, 0.3) is 0 Å². The number of aryl methyl sites for hydroxylation is 1. The van der Waals surface area contributed by atoms with Gasteiger partial charge in [-0.2, -0.15) is 0 Å². The van der Waals surface area contributed by atoms with Crippen molar-refractivity contribution < 1.29 is 24.5 Å². The van der Waals surface area contributed by atoms with Crippen LogP contribution in [0.5, 0.6) is 5.75 Å². The Balaban J connectivity index is 1.49. The SMILES string of the molecule is CC[C@@H]1C(=O)N(C)CC/C=C/[C@H](O)[C@@H]2CC[C@H]2CN2C[C@@]3(CCCc4cc(Cl)ccc43)COc3ccc(cc32)[C@]1(O)C(C)=O. The van der Waals surface area contributed by atoms with Gasteiger partial charge in [0.15, 0.2) is 11.4 Å². The predicted octanol–water partition coefficient (Wildman–Crippen LogP) is 5.42. The normalized spacial score (nSPS) is 33.0. The molecule has 0 unspecified atom stereocenters. The molecule has 0 radical (unpaired) electrons. The van der Waals surface area contributed by atoms with Gasteiger partial charge in [-0.05, 0) is 105 Å². The second-order valence-corrected chi connectivity index (χ2v) is 14.0. The van der Waals surface area contributed by atoms with Crippen LogP contribution in [-0.2, 0) is 27.0 Å². The fraction of sp³-hybridized carbons (Fsp3) is 0.556. The molecule has 2 aromatic rings. The number of anilines is 1. The maximum atomic E-state index is 13.7. The van der Waals surface area contributed by atoms with Crippen molar-refractivity contribution in [3.8, 4) is 5.75 Å². The topological polar surface area (TPSA) is 90.3 Å². The van der Waals surface area contributed by atoms with Crippen LogP contribution < -0.4 is 9.64 Å². The lowest BCUT2D eigenvalue weighted by Gasteiger charge is -2.45. The number of fused-ring (bicyclic) bond motifs is 4. The van der Waals surface area contributed by atoms with Crippen molar-refractivity contribution in [1.29, 1.82) is 0 Å². The molecule has 2 bridgehead atoms. The monoisotopic (exact) mass is 620 g/mol. The van der Waals surface area contributed by atoms with Gasteiger partial charge >= 0.3 is 0 Å². The number of nitrogens with zero attached hydrogens (tertiary/aromatic N) is 2. The molecule has 6 rings (SSSR count). The molecule has 6 atom stereocenters. The predicted molar refractivity (Wildman–Crippen MR) is 172 cm³/mol. The van der Waals surface area contributed by atoms with Gasteiger partial charge in [0, 0.05) is 37.1 Å². The third-order valence-corrected chi connectivity index (χ3v) is 11.2. The smallest absolute Gasteiger partial charge is 0.229 e. The summed E-state index contributed by atoms with van der Waals surface area (Å²) in [6.45, 7) is 5.56. The molecule has 0 saturated heterocycles. The summed E-state index contributed by atoms with van der Waals surface area (Å²) in [5.74, 6) is -0.549. The summed E-state index contributed by atoms with van der Waals surface area (Å²) in [5.41, 5.74) is 1.50. The molecule has 1 fully saturated rings. The summed E-state index contributed by atoms with van der Waals surface area (Å²) in [6.07, 6.45) is 9.12. The number of Topliss-reactive ketones (excluding diaryl/α,β-unsaturated/α-hetero) is 1. The number of benzene rings is 2. The summed E-state index contributed by atoms with van der Waals surface area (Å²) in [4.78, 5) is 31.0. The lowest BCUT2D eigenvalue weighted by Crippen LogP contribution is -2.50. The molecule has 0 aromatic heterocycles. The molecule has 2 aromatic carbocycles. The Bertz CT molecular complexity index is 1460. The van der Waals surface area contributed by atoms with Gasteiger partial charge in [0.05, 0.1) is 24.3 Å². The minimum absolute atomic E-state index is 0.140. The zero-order chi connectivity index (χ0) is 31.2. The van der Waals surface area contributed by atoms with Crippen LogP contribution in [0.2, 0.25) is 5.02 Å². The fourth-order valence-corrected chi connectivity index (χ4v) is 8.42. The van der Waals surface area contributed by atoms with Crippen LogP contribution in [0.3, 0.4) is 0 Å². The Hall–Kier alpha value is -2.87. The number of hydrogen-bond acceptors (Lipinski definition) is 6. The molecule has 1 amide bonds. The van der Waals surface area contributed by atoms with Gasteiger partial charge in [-0.25, -0.2) is 0 Å². The molecule has 2 N–H and O–H groups in total. The third-order valence-electron chi connectivity index (χ3n) is 10.9. The van der Waals surface area contributed by atoms with E-state index in [1.54, 1.807) is 18.0 Å². The molecule has 2 heterocycles. The van der Waals surface area contributed by atoms with E-state index >= 15 is 0 Å². The number of carbonyl (C=O) groups excluding carboxylic acids is 2. The van der Waals surface area contributed by atoms with Crippen molar-refractivity contribution in [1.82, 2.24) is 4.90 Å². The number of aliphatic hydroxyl groups excluding tert-OH is 1. The summed E-state index contributed by atoms with van der Waals surface area (Å²) >= 11 is 6.42. The molecule has 7 nitrogen and oxygen atoms in total. The highest BCUT2D eigenvalue weighted by molar-refractivity contribution is 6.30. The molecule has 1 saturated carbocycles. The average molecular weight is 621 g/mol. The summed E-state index contributed by atoms with van der Waals surface area (Å²) in [5, 5.41) is 24.1. The highest BCUT2D eigenvalue weighted by atomic mass is 35.5. The van der Waals surface area contributed by atoms with Crippen molar-refractivity contribution in [2.45, 2.75) is 75.9 Å². The minimum atomic E-state index is -1.99. The Morgan fingerprint density at radius 3 is 2.73 bits per heavy atom. The second-order valence-electron chi connectivity index (χ2n) is 13.5. The average Bonchev–Trinajstić information content (AvgIpc) is 3.13. The molecule has 236 valence electrons. The summed E-state index contributed by atoms with van der Waals surface area (Å²) < 4.78 is 6.64. The fourth-order valence-electron chi connectivity index (χ4n) is 8.23. The first-order chi connectivity index (χ1) is 21.1. The van der Waals surface area contributed by atoms with E-state index < -0.39 is 23.4 Å². The van der Waals surface area contributed by atoms with Crippen molar-refractivity contribution in [3.63, 3.8) is 0 Å². The standard InChI is InChI=1S/C36H45ClN2O5/c1-4-29-34(42)38(3)17-6-5-9-32(41)28-13-10-25(28)20-39-21-35(16-7-8-24-18-27(37)12-14-30(24)35)22-44-33-15-11-26(19-31(33)39)36(29,43)23(2)40/h5,9,11-12,14-15,18-19,25,28-29,32,41,43H,4,6-8,10,13,16-17,20-22H2,1-3H3/b9-5+/t25-,28+,29+,32-,35-,36+/m0/s1. The van der Waals surface area contributed by atoms with E-state index in [2.05, 4.69) is 17.0 Å². The largest absolute Gasteiger partial charge is 0.490 e. The van der Waals surface area contributed by atoms with Gasteiger partial charge in [-0.3, -0.25) is 9.59 Å². The Labute approximate surface area is 265 Å². The van der Waals surface area contributed by atoms with Crippen LogP contribution in [0.4, 0.5) is 5.69 Å². The number of carbonyl (C=O) groups is 2. The lowest BCUT2D eigenvalue weighted by atomic mass is 9.68. The van der Waals surface area contributed by atoms with E-state index in [4.69, 9.17) is 16.3 Å². The maximum absolute atomic E-state index is 13.7. The van der Waals surface area contributed by atoms with Crippen molar-refractivity contribution in [2.24, 2.45) is 17.8 Å². The summed E-state index contributed by atoms with van der Waals surface area (Å²) in [7, 11) is 1.71. The summed E-state index contributed by atoms with van der Waals surface area (Å²) in [6, 6.07) is 11.7. The zero-order valence-electron chi connectivity index (χ0n) is 26.1. The first-order valence-corrected chi connectivity index (χ1v) is 16.6. The van der Waals surface area contributed by atoms with Gasteiger partial charge in [0.25, 0.3) is 0 Å². The van der Waals surface area contributed by atoms with Gasteiger partial charge in [-0.15, -0.1) is 0 Å². The van der Waals surface area contributed by atoms with Crippen LogP contribution >= 0.6 is 11.6 Å². The van der Waals surface area contributed by atoms with Crippen molar-refractivity contribution in [3.05, 3.63) is 70.3 Å². The van der Waals surface area contributed by atoms with Crippen LogP contribution in [0.1, 0.15) is 69.1 Å². The molecule has 4 aliphatic rings. The number of aliphatic hydroxyl groups is 2. The molecular weight excluding hydrogens is 576 g/mol. The van der Waals surface area contributed by atoms with Gasteiger partial charge in [0.1, 0.15) is 5.75 Å². The van der Waals surface area contributed by atoms with Crippen molar-refractivity contribution in [2.75, 3.05) is 38.2 Å². The van der Waals surface area contributed by atoms with E-state index in [1.807, 2.05) is 37.3 Å². The number of halogens is 1. The highest BCUT2D eigenvalue weighted by Crippen LogP contribution is 2.48. The number of amides is 1. The zero-order valence-corrected chi connectivity index (χ0v) is 26.9. The highest BCUT2D eigenvalue weighted by Gasteiger charge is 2.49. The Morgan fingerprint density at radius 2 is 2.00 bits per heavy atom. The molecule has 2 aliphatic heterocycles. The number of hydrogen-bond donors (Lipinski definition) is 2. The van der Waals surface area contributed by atoms with E-state index in [-0.39, 0.29) is 23.2 Å². The Morgan fingerprint density at radius 1 is 1.18 bits per heavy atom. The number of rotatable bonds is 2. The molecular formula is C36H45ClN2O5. The lowest BCUT2D eigenvalue weighted by molar-refractivity contribution is -0.156. The maximum Gasteiger partial charge on any atom is 0.229 e. The van der Waals surface area contributed by atoms with Gasteiger partial charge in [-0.1, -0.05) is 42.8 Å².